The Morgan fingerprint density at radius 1 is 0.929 bits per heavy atom. The predicted molar refractivity (Wildman–Crippen MR) is 61.5 cm³/mol. The lowest BCUT2D eigenvalue weighted by Gasteiger charge is -2.15. The van der Waals surface area contributed by atoms with Crippen LogP contribution in [0.5, 0.6) is 0 Å². The van der Waals surface area contributed by atoms with Crippen LogP contribution in [0.3, 0.4) is 0 Å². The van der Waals surface area contributed by atoms with E-state index in [1.807, 2.05) is 0 Å². The van der Waals surface area contributed by atoms with E-state index in [4.69, 9.17) is 4.74 Å². The van der Waals surface area contributed by atoms with Gasteiger partial charge in [-0.25, -0.2) is 0 Å². The van der Waals surface area contributed by atoms with Crippen LogP contribution in [0.15, 0.2) is 0 Å². The summed E-state index contributed by atoms with van der Waals surface area (Å²) in [5.41, 5.74) is 0. The second-order valence-corrected chi connectivity index (χ2v) is 4.64. The van der Waals surface area contributed by atoms with Crippen LogP contribution in [0.25, 0.3) is 0 Å². The van der Waals surface area contributed by atoms with Crippen molar-refractivity contribution < 1.29 is 4.74 Å². The van der Waals surface area contributed by atoms with Crippen LogP contribution in [0, 0.1) is 5.92 Å². The highest BCUT2D eigenvalue weighted by Gasteiger charge is 2.10. The lowest BCUT2D eigenvalue weighted by molar-refractivity contribution is 0.0922. The Bertz CT molecular complexity index is 112. The van der Waals surface area contributed by atoms with Crippen molar-refractivity contribution in [3.8, 4) is 0 Å². The quantitative estimate of drug-likeness (QED) is 0.616. The van der Waals surface area contributed by atoms with Crippen molar-refractivity contribution in [2.24, 2.45) is 5.92 Å². The van der Waals surface area contributed by atoms with Gasteiger partial charge in [-0.2, -0.15) is 0 Å². The predicted octanol–water partition coefficient (Wildman–Crippen LogP) is 4.16. The van der Waals surface area contributed by atoms with E-state index in [0.717, 1.165) is 25.6 Å². The number of hydrogen-bond donors (Lipinski definition) is 0. The summed E-state index contributed by atoms with van der Waals surface area (Å²) < 4.78 is 5.66. The minimum atomic E-state index is 0.861. The molecule has 0 heterocycles. The second kappa shape index (κ2) is 8.28. The second-order valence-electron chi connectivity index (χ2n) is 4.64. The van der Waals surface area contributed by atoms with Gasteiger partial charge in [-0.05, 0) is 25.2 Å². The highest BCUT2D eigenvalue weighted by molar-refractivity contribution is 4.62. The molecule has 14 heavy (non-hydrogen) atoms. The fourth-order valence-corrected chi connectivity index (χ4v) is 2.28. The highest BCUT2D eigenvalue weighted by atomic mass is 16.5. The van der Waals surface area contributed by atoms with E-state index in [1.54, 1.807) is 0 Å². The topological polar surface area (TPSA) is 9.23 Å². The summed E-state index contributed by atoms with van der Waals surface area (Å²) in [6.07, 6.45) is 12.7. The molecule has 0 atom stereocenters. The number of rotatable bonds is 4. The summed E-state index contributed by atoms with van der Waals surface area (Å²) in [5.74, 6) is 0.861. The molecule has 1 saturated carbocycles. The molecule has 0 bridgehead atoms. The third-order valence-corrected chi connectivity index (χ3v) is 3.18. The molecule has 0 aliphatic heterocycles. The Labute approximate surface area is 89.2 Å². The van der Waals surface area contributed by atoms with Crippen molar-refractivity contribution in [3.05, 3.63) is 0 Å². The zero-order valence-electron chi connectivity index (χ0n) is 9.76. The first-order valence-corrected chi connectivity index (χ1v) is 6.51. The van der Waals surface area contributed by atoms with Crippen molar-refractivity contribution >= 4 is 0 Å². The van der Waals surface area contributed by atoms with Crippen LogP contribution in [-0.4, -0.2) is 13.2 Å². The minimum Gasteiger partial charge on any atom is -0.381 e. The molecule has 0 unspecified atom stereocenters. The molecule has 0 aromatic carbocycles. The number of ether oxygens (including phenoxy) is 1. The van der Waals surface area contributed by atoms with E-state index in [1.165, 1.54) is 51.4 Å². The van der Waals surface area contributed by atoms with E-state index < -0.39 is 0 Å². The summed E-state index contributed by atoms with van der Waals surface area (Å²) in [6, 6.07) is 0. The van der Waals surface area contributed by atoms with Crippen molar-refractivity contribution in [3.63, 3.8) is 0 Å². The average Bonchev–Trinajstić information content (AvgIpc) is 2.32. The van der Waals surface area contributed by atoms with Crippen LogP contribution in [0.1, 0.15) is 64.7 Å². The van der Waals surface area contributed by atoms with Gasteiger partial charge in [0.15, 0.2) is 0 Å². The van der Waals surface area contributed by atoms with Crippen LogP contribution in [0.4, 0.5) is 0 Å². The van der Waals surface area contributed by atoms with Crippen LogP contribution in [-0.2, 0) is 4.74 Å². The van der Waals surface area contributed by atoms with Gasteiger partial charge < -0.3 is 4.74 Å². The van der Waals surface area contributed by atoms with Crippen molar-refractivity contribution in [1.29, 1.82) is 0 Å². The van der Waals surface area contributed by atoms with Gasteiger partial charge in [0, 0.05) is 13.2 Å². The Hall–Kier alpha value is -0.0400. The first kappa shape index (κ1) is 12.0. The SMILES string of the molecule is CCCOCC1CCCCCCCC1. The molecule has 1 nitrogen and oxygen atoms in total. The average molecular weight is 198 g/mol. The largest absolute Gasteiger partial charge is 0.381 e. The Balaban J connectivity index is 2.12. The molecule has 0 N–H and O–H groups in total. The smallest absolute Gasteiger partial charge is 0.0494 e. The molecule has 1 fully saturated rings. The molecule has 0 aromatic heterocycles. The number of hydrogen-bond acceptors (Lipinski definition) is 1. The molecule has 1 aliphatic carbocycles. The fourth-order valence-electron chi connectivity index (χ4n) is 2.28. The monoisotopic (exact) mass is 198 g/mol. The van der Waals surface area contributed by atoms with E-state index in [0.29, 0.717) is 0 Å². The molecule has 84 valence electrons. The molecule has 0 radical (unpaired) electrons. The van der Waals surface area contributed by atoms with Crippen molar-refractivity contribution in [2.75, 3.05) is 13.2 Å². The first-order valence-electron chi connectivity index (χ1n) is 6.51. The first-order chi connectivity index (χ1) is 6.93. The maximum atomic E-state index is 5.66. The highest BCUT2D eigenvalue weighted by Crippen LogP contribution is 2.21. The summed E-state index contributed by atoms with van der Waals surface area (Å²) in [4.78, 5) is 0. The zero-order chi connectivity index (χ0) is 10.1. The van der Waals surface area contributed by atoms with E-state index in [2.05, 4.69) is 6.92 Å². The van der Waals surface area contributed by atoms with Gasteiger partial charge >= 0.3 is 0 Å². The lowest BCUT2D eigenvalue weighted by Crippen LogP contribution is -2.10. The maximum absolute atomic E-state index is 5.66. The third-order valence-electron chi connectivity index (χ3n) is 3.18. The van der Waals surface area contributed by atoms with Crippen LogP contribution >= 0.6 is 0 Å². The minimum absolute atomic E-state index is 0.861. The Morgan fingerprint density at radius 2 is 1.50 bits per heavy atom. The standard InChI is InChI=1S/C13H26O/c1-2-11-14-12-13-9-7-5-3-4-6-8-10-13/h13H,2-12H2,1H3. The van der Waals surface area contributed by atoms with Gasteiger partial charge in [-0.3, -0.25) is 0 Å². The van der Waals surface area contributed by atoms with Gasteiger partial charge in [0.2, 0.25) is 0 Å². The molecule has 1 aliphatic rings. The lowest BCUT2D eigenvalue weighted by atomic mass is 9.98. The van der Waals surface area contributed by atoms with E-state index in [9.17, 15) is 0 Å². The normalized spacial score (nSPS) is 21.2. The summed E-state index contributed by atoms with van der Waals surface area (Å²) in [5, 5.41) is 0. The molecule has 0 amide bonds. The Morgan fingerprint density at radius 3 is 2.07 bits per heavy atom. The molecule has 1 rings (SSSR count). The zero-order valence-corrected chi connectivity index (χ0v) is 9.76. The molecular weight excluding hydrogens is 172 g/mol. The van der Waals surface area contributed by atoms with Gasteiger partial charge in [0.1, 0.15) is 0 Å². The van der Waals surface area contributed by atoms with Crippen molar-refractivity contribution in [2.45, 2.75) is 64.7 Å². The fraction of sp³-hybridized carbons (Fsp3) is 1.00. The van der Waals surface area contributed by atoms with Gasteiger partial charge in [0.25, 0.3) is 0 Å². The van der Waals surface area contributed by atoms with Crippen LogP contribution in [0.2, 0.25) is 0 Å². The van der Waals surface area contributed by atoms with Gasteiger partial charge in [-0.15, -0.1) is 0 Å². The van der Waals surface area contributed by atoms with Crippen molar-refractivity contribution in [1.82, 2.24) is 0 Å². The third kappa shape index (κ3) is 5.64. The summed E-state index contributed by atoms with van der Waals surface area (Å²) >= 11 is 0. The van der Waals surface area contributed by atoms with E-state index >= 15 is 0 Å². The van der Waals surface area contributed by atoms with Gasteiger partial charge in [0.05, 0.1) is 0 Å². The Kier molecular flexibility index (Phi) is 7.12. The molecule has 0 aromatic rings. The molecule has 0 spiro atoms. The molecule has 1 heteroatoms. The van der Waals surface area contributed by atoms with Crippen LogP contribution < -0.4 is 0 Å². The summed E-state index contributed by atoms with van der Waals surface area (Å²) in [6.45, 7) is 4.16. The van der Waals surface area contributed by atoms with E-state index in [-0.39, 0.29) is 0 Å². The summed E-state index contributed by atoms with van der Waals surface area (Å²) in [7, 11) is 0. The maximum Gasteiger partial charge on any atom is 0.0494 e. The van der Waals surface area contributed by atoms with Gasteiger partial charge in [-0.1, -0.05) is 45.4 Å². The molecule has 0 saturated heterocycles. The molecular formula is C13H26O.